The highest BCUT2D eigenvalue weighted by Gasteiger charge is 2.33. The summed E-state index contributed by atoms with van der Waals surface area (Å²) in [6.07, 6.45) is 1.23. The number of piperidine rings is 2. The van der Waals surface area contributed by atoms with E-state index < -0.39 is 6.09 Å². The maximum absolute atomic E-state index is 12.9. The third-order valence-electron chi connectivity index (χ3n) is 6.84. The summed E-state index contributed by atoms with van der Waals surface area (Å²) in [5, 5.41) is 16.2. The number of likely N-dealkylation sites (tertiary alicyclic amines) is 1. The van der Waals surface area contributed by atoms with Crippen molar-refractivity contribution >= 4 is 46.0 Å². The maximum atomic E-state index is 12.9. The fourth-order valence-electron chi connectivity index (χ4n) is 4.66. The minimum Gasteiger partial charge on any atom is -0.465 e. The summed E-state index contributed by atoms with van der Waals surface area (Å²) in [7, 11) is 1.61. The van der Waals surface area contributed by atoms with Gasteiger partial charge in [-0.2, -0.15) is 0 Å². The first-order valence-corrected chi connectivity index (χ1v) is 13.5. The van der Waals surface area contributed by atoms with Crippen molar-refractivity contribution in [2.45, 2.75) is 57.7 Å². The van der Waals surface area contributed by atoms with Crippen LogP contribution in [0.4, 0.5) is 9.93 Å². The molecular weight excluding hydrogens is 522 g/mol. The number of hydrogen-bond donors (Lipinski definition) is 4. The first-order chi connectivity index (χ1) is 17.7. The predicted molar refractivity (Wildman–Crippen MR) is 139 cm³/mol. The SMILES string of the molecule is CCc1[nH]c(C(=O)N[C@@H]2CCN(c3nc(C)c(C(=O)NC4CCN(C(=O)O)CC4)s3)C[C@@H]2OC)nc1Cl. The molecule has 0 aliphatic carbocycles. The number of hydrogen-bond acceptors (Lipinski definition) is 8. The Bertz CT molecular complexity index is 1150. The first kappa shape index (κ1) is 27.1. The molecule has 0 aromatic carbocycles. The second-order valence-corrected chi connectivity index (χ2v) is 10.6. The number of aryl methyl sites for hydroxylation is 2. The molecule has 0 spiro atoms. The molecule has 14 heteroatoms. The van der Waals surface area contributed by atoms with Crippen LogP contribution in [0, 0.1) is 6.92 Å². The van der Waals surface area contributed by atoms with Crippen molar-refractivity contribution in [2.24, 2.45) is 0 Å². The van der Waals surface area contributed by atoms with Crippen molar-refractivity contribution in [3.8, 4) is 0 Å². The lowest BCUT2D eigenvalue weighted by Gasteiger charge is -2.37. The molecule has 0 bridgehead atoms. The Morgan fingerprint density at radius 1 is 1.16 bits per heavy atom. The topological polar surface area (TPSA) is 153 Å². The molecule has 12 nitrogen and oxygen atoms in total. The second kappa shape index (κ2) is 11.7. The van der Waals surface area contributed by atoms with Crippen LogP contribution in [0.1, 0.15) is 57.9 Å². The van der Waals surface area contributed by atoms with Gasteiger partial charge in [-0.25, -0.2) is 14.8 Å². The van der Waals surface area contributed by atoms with Crippen molar-refractivity contribution < 1.29 is 24.2 Å². The van der Waals surface area contributed by atoms with Gasteiger partial charge in [-0.15, -0.1) is 0 Å². The van der Waals surface area contributed by atoms with E-state index in [1.807, 2.05) is 13.8 Å². The van der Waals surface area contributed by atoms with E-state index >= 15 is 0 Å². The number of nitrogens with zero attached hydrogens (tertiary/aromatic N) is 4. The zero-order chi connectivity index (χ0) is 26.7. The first-order valence-electron chi connectivity index (χ1n) is 12.3. The van der Waals surface area contributed by atoms with Crippen LogP contribution >= 0.6 is 22.9 Å². The predicted octanol–water partition coefficient (Wildman–Crippen LogP) is 2.29. The molecule has 2 aromatic rings. The number of H-pyrrole nitrogens is 1. The van der Waals surface area contributed by atoms with Crippen molar-refractivity contribution in [2.75, 3.05) is 38.2 Å². The molecular formula is C23H32ClN7O5S. The number of thiazole rings is 1. The molecule has 202 valence electrons. The van der Waals surface area contributed by atoms with Crippen LogP contribution in [-0.4, -0.2) is 94.3 Å². The minimum absolute atomic E-state index is 0.0669. The molecule has 2 saturated heterocycles. The molecule has 3 amide bonds. The van der Waals surface area contributed by atoms with E-state index in [-0.39, 0.29) is 35.8 Å². The number of anilines is 1. The van der Waals surface area contributed by atoms with Crippen molar-refractivity contribution in [3.63, 3.8) is 0 Å². The Balaban J connectivity index is 1.35. The number of methoxy groups -OCH3 is 1. The van der Waals surface area contributed by atoms with Gasteiger partial charge in [0.05, 0.1) is 23.5 Å². The number of aromatic nitrogens is 3. The lowest BCUT2D eigenvalue weighted by Crippen LogP contribution is -2.55. The Kier molecular flexibility index (Phi) is 8.55. The van der Waals surface area contributed by atoms with Gasteiger partial charge in [0.1, 0.15) is 4.88 Å². The zero-order valence-corrected chi connectivity index (χ0v) is 22.6. The van der Waals surface area contributed by atoms with Crippen molar-refractivity contribution in [1.29, 1.82) is 0 Å². The van der Waals surface area contributed by atoms with Crippen LogP contribution < -0.4 is 15.5 Å². The van der Waals surface area contributed by atoms with Crippen molar-refractivity contribution in [1.82, 2.24) is 30.5 Å². The number of carbonyl (C=O) groups excluding carboxylic acids is 2. The summed E-state index contributed by atoms with van der Waals surface area (Å²) in [5.74, 6) is -0.344. The number of rotatable bonds is 7. The van der Waals surface area contributed by atoms with Gasteiger partial charge in [0.2, 0.25) is 0 Å². The summed E-state index contributed by atoms with van der Waals surface area (Å²) >= 11 is 7.40. The third kappa shape index (κ3) is 6.16. The third-order valence-corrected chi connectivity index (χ3v) is 8.37. The molecule has 2 aliphatic heterocycles. The average Bonchev–Trinajstić information content (AvgIpc) is 3.46. The van der Waals surface area contributed by atoms with Gasteiger partial charge in [-0.1, -0.05) is 29.9 Å². The summed E-state index contributed by atoms with van der Waals surface area (Å²) < 4.78 is 5.69. The summed E-state index contributed by atoms with van der Waals surface area (Å²) in [6.45, 7) is 5.68. The van der Waals surface area contributed by atoms with Gasteiger partial charge in [-0.3, -0.25) is 9.59 Å². The lowest BCUT2D eigenvalue weighted by molar-refractivity contribution is 0.0538. The molecule has 2 fully saturated rings. The van der Waals surface area contributed by atoms with E-state index in [1.165, 1.54) is 16.2 Å². The lowest BCUT2D eigenvalue weighted by atomic mass is 10.0. The van der Waals surface area contributed by atoms with Gasteiger partial charge >= 0.3 is 6.09 Å². The quantitative estimate of drug-likeness (QED) is 0.407. The average molecular weight is 554 g/mol. The fraction of sp³-hybridized carbons (Fsp3) is 0.609. The highest BCUT2D eigenvalue weighted by atomic mass is 35.5. The van der Waals surface area contributed by atoms with Crippen LogP contribution in [0.25, 0.3) is 0 Å². The number of carboxylic acid groups (broad SMARTS) is 1. The number of halogens is 1. The molecule has 2 aromatic heterocycles. The number of imidazole rings is 1. The Morgan fingerprint density at radius 3 is 2.51 bits per heavy atom. The highest BCUT2D eigenvalue weighted by molar-refractivity contribution is 7.17. The van der Waals surface area contributed by atoms with Gasteiger partial charge < -0.3 is 35.3 Å². The highest BCUT2D eigenvalue weighted by Crippen LogP contribution is 2.29. The Morgan fingerprint density at radius 2 is 1.89 bits per heavy atom. The van der Waals surface area contributed by atoms with Crippen LogP contribution in [0.5, 0.6) is 0 Å². The number of carbonyl (C=O) groups is 3. The van der Waals surface area contributed by atoms with E-state index in [9.17, 15) is 14.4 Å². The van der Waals surface area contributed by atoms with Crippen LogP contribution in [0.3, 0.4) is 0 Å². The summed E-state index contributed by atoms with van der Waals surface area (Å²) in [5.41, 5.74) is 1.36. The molecule has 2 aliphatic rings. The van der Waals surface area contributed by atoms with Crippen molar-refractivity contribution in [3.05, 3.63) is 27.2 Å². The van der Waals surface area contributed by atoms with E-state index in [1.54, 1.807) is 7.11 Å². The molecule has 2 atom stereocenters. The van der Waals surface area contributed by atoms with E-state index in [4.69, 9.17) is 21.4 Å². The van der Waals surface area contributed by atoms with Gasteiger partial charge in [-0.05, 0) is 32.6 Å². The number of ether oxygens (including phenoxy) is 1. The fourth-order valence-corrected chi connectivity index (χ4v) is 5.93. The second-order valence-electron chi connectivity index (χ2n) is 9.23. The minimum atomic E-state index is -0.929. The standard InChI is InChI=1S/C23H32ClN7O5S/c1-4-14-18(24)29-19(27-14)21(33)28-15-7-10-31(11-16(15)36-3)22-25-12(2)17(37-22)20(32)26-13-5-8-30(9-6-13)23(34)35/h13,15-16H,4-11H2,1-3H3,(H,26,32)(H,27,29)(H,28,33)(H,34,35)/t15-,16+/m1/s1. The molecule has 4 rings (SSSR count). The van der Waals surface area contributed by atoms with Crippen LogP contribution in [0.2, 0.25) is 5.15 Å². The van der Waals surface area contributed by atoms with Gasteiger partial charge in [0.15, 0.2) is 16.1 Å². The molecule has 4 heterocycles. The van der Waals surface area contributed by atoms with E-state index in [2.05, 4.69) is 30.5 Å². The summed E-state index contributed by atoms with van der Waals surface area (Å²) in [4.78, 5) is 52.4. The smallest absolute Gasteiger partial charge is 0.407 e. The molecule has 0 unspecified atom stereocenters. The van der Waals surface area contributed by atoms with Crippen LogP contribution in [0.15, 0.2) is 0 Å². The maximum Gasteiger partial charge on any atom is 0.407 e. The monoisotopic (exact) mass is 553 g/mol. The normalized spacial score (nSPS) is 20.6. The number of nitrogens with one attached hydrogen (secondary N) is 3. The van der Waals surface area contributed by atoms with E-state index in [0.29, 0.717) is 67.6 Å². The summed E-state index contributed by atoms with van der Waals surface area (Å²) in [6, 6.07) is -0.286. The largest absolute Gasteiger partial charge is 0.465 e. The number of aromatic amines is 1. The van der Waals surface area contributed by atoms with E-state index in [0.717, 1.165) is 10.8 Å². The molecule has 4 N–H and O–H groups in total. The van der Waals surface area contributed by atoms with Crippen LogP contribution in [-0.2, 0) is 11.2 Å². The van der Waals surface area contributed by atoms with Gasteiger partial charge in [0.25, 0.3) is 11.8 Å². The number of amides is 3. The zero-order valence-electron chi connectivity index (χ0n) is 21.0. The van der Waals surface area contributed by atoms with Gasteiger partial charge in [0, 0.05) is 39.3 Å². The molecule has 37 heavy (non-hydrogen) atoms. The molecule has 0 radical (unpaired) electrons. The Hall–Kier alpha value is -2.90. The Labute approximate surface area is 223 Å². The molecule has 0 saturated carbocycles.